The summed E-state index contributed by atoms with van der Waals surface area (Å²) in [6, 6.07) is 1.56. The predicted molar refractivity (Wildman–Crippen MR) is 54.9 cm³/mol. The Bertz CT molecular complexity index is 557. The van der Waals surface area contributed by atoms with E-state index in [0.29, 0.717) is 16.7 Å². The standard InChI is InChI=1S/C10H11N3O2/c1-5-4-7(10(14)15)9-8(11-5)6(2)12-13(9)3/h4H,1-3H3,(H,14,15). The molecule has 0 aliphatic heterocycles. The summed E-state index contributed by atoms with van der Waals surface area (Å²) >= 11 is 0. The van der Waals surface area contributed by atoms with Gasteiger partial charge in [-0.2, -0.15) is 5.10 Å². The second-order valence-corrected chi connectivity index (χ2v) is 3.52. The SMILES string of the molecule is Cc1cc(C(=O)O)c2c(n1)c(C)nn2C. The van der Waals surface area contributed by atoms with E-state index in [0.717, 1.165) is 5.69 Å². The van der Waals surface area contributed by atoms with Gasteiger partial charge in [-0.25, -0.2) is 9.78 Å². The summed E-state index contributed by atoms with van der Waals surface area (Å²) in [7, 11) is 1.72. The summed E-state index contributed by atoms with van der Waals surface area (Å²) in [6.45, 7) is 3.60. The number of hydrogen-bond donors (Lipinski definition) is 1. The van der Waals surface area contributed by atoms with Gasteiger partial charge in [0.1, 0.15) is 11.0 Å². The molecule has 0 aliphatic rings. The van der Waals surface area contributed by atoms with Gasteiger partial charge in [0.15, 0.2) is 0 Å². The third-order valence-corrected chi connectivity index (χ3v) is 2.32. The van der Waals surface area contributed by atoms with E-state index >= 15 is 0 Å². The van der Waals surface area contributed by atoms with Crippen LogP contribution in [-0.4, -0.2) is 25.8 Å². The van der Waals surface area contributed by atoms with Crippen LogP contribution < -0.4 is 0 Å². The summed E-state index contributed by atoms with van der Waals surface area (Å²) in [4.78, 5) is 15.4. The first-order valence-electron chi connectivity index (χ1n) is 4.55. The third-order valence-electron chi connectivity index (χ3n) is 2.32. The van der Waals surface area contributed by atoms with Crippen molar-refractivity contribution in [2.24, 2.45) is 7.05 Å². The van der Waals surface area contributed by atoms with Gasteiger partial charge in [-0.3, -0.25) is 4.68 Å². The second kappa shape index (κ2) is 3.05. The predicted octanol–water partition coefficient (Wildman–Crippen LogP) is 1.28. The number of fused-ring (bicyclic) bond motifs is 1. The van der Waals surface area contributed by atoms with Crippen molar-refractivity contribution in [1.82, 2.24) is 14.8 Å². The number of hydrogen-bond acceptors (Lipinski definition) is 3. The lowest BCUT2D eigenvalue weighted by Crippen LogP contribution is -2.03. The first-order valence-corrected chi connectivity index (χ1v) is 4.55. The van der Waals surface area contributed by atoms with Gasteiger partial charge in [0.25, 0.3) is 0 Å². The van der Waals surface area contributed by atoms with E-state index < -0.39 is 5.97 Å². The molecule has 2 aromatic rings. The number of carbonyl (C=O) groups is 1. The molecule has 0 unspecified atom stereocenters. The smallest absolute Gasteiger partial charge is 0.338 e. The molecule has 2 rings (SSSR count). The van der Waals surface area contributed by atoms with Crippen molar-refractivity contribution in [3.8, 4) is 0 Å². The molecule has 2 aromatic heterocycles. The number of carboxylic acids is 1. The maximum Gasteiger partial charge on any atom is 0.338 e. The van der Waals surface area contributed by atoms with E-state index in [-0.39, 0.29) is 5.56 Å². The van der Waals surface area contributed by atoms with E-state index in [1.807, 2.05) is 6.92 Å². The minimum absolute atomic E-state index is 0.251. The van der Waals surface area contributed by atoms with Crippen molar-refractivity contribution >= 4 is 17.0 Å². The summed E-state index contributed by atoms with van der Waals surface area (Å²) in [5.41, 5.74) is 2.93. The zero-order chi connectivity index (χ0) is 11.2. The molecule has 0 saturated heterocycles. The van der Waals surface area contributed by atoms with Crippen LogP contribution in [0.5, 0.6) is 0 Å². The summed E-state index contributed by atoms with van der Waals surface area (Å²) in [5, 5.41) is 13.2. The minimum Gasteiger partial charge on any atom is -0.478 e. The molecule has 5 nitrogen and oxygen atoms in total. The van der Waals surface area contributed by atoms with Crippen LogP contribution in [0, 0.1) is 13.8 Å². The summed E-state index contributed by atoms with van der Waals surface area (Å²) in [5.74, 6) is -0.950. The first kappa shape index (κ1) is 9.64. The number of aromatic nitrogens is 3. The highest BCUT2D eigenvalue weighted by molar-refractivity contribution is 6.01. The highest BCUT2D eigenvalue weighted by Crippen LogP contribution is 2.20. The van der Waals surface area contributed by atoms with Crippen molar-refractivity contribution in [2.45, 2.75) is 13.8 Å². The quantitative estimate of drug-likeness (QED) is 0.761. The van der Waals surface area contributed by atoms with Gasteiger partial charge >= 0.3 is 5.97 Å². The van der Waals surface area contributed by atoms with Crippen LogP contribution >= 0.6 is 0 Å². The molecule has 0 amide bonds. The second-order valence-electron chi connectivity index (χ2n) is 3.52. The van der Waals surface area contributed by atoms with Crippen LogP contribution in [0.15, 0.2) is 6.07 Å². The minimum atomic E-state index is -0.950. The molecule has 0 fully saturated rings. The number of rotatable bonds is 1. The van der Waals surface area contributed by atoms with Crippen molar-refractivity contribution in [3.05, 3.63) is 23.0 Å². The molecule has 78 valence electrons. The van der Waals surface area contributed by atoms with E-state index in [4.69, 9.17) is 5.11 Å². The third kappa shape index (κ3) is 1.36. The molecular formula is C10H11N3O2. The van der Waals surface area contributed by atoms with Crippen LogP contribution in [0.1, 0.15) is 21.7 Å². The van der Waals surface area contributed by atoms with Crippen LogP contribution in [0.3, 0.4) is 0 Å². The Morgan fingerprint density at radius 2 is 2.13 bits per heavy atom. The van der Waals surface area contributed by atoms with Crippen molar-refractivity contribution in [3.63, 3.8) is 0 Å². The van der Waals surface area contributed by atoms with Crippen molar-refractivity contribution < 1.29 is 9.90 Å². The molecule has 0 aliphatic carbocycles. The first-order chi connectivity index (χ1) is 7.00. The van der Waals surface area contributed by atoms with E-state index in [1.54, 1.807) is 24.7 Å². The number of nitrogens with zero attached hydrogens (tertiary/aromatic N) is 3. The van der Waals surface area contributed by atoms with Crippen LogP contribution in [0.25, 0.3) is 11.0 Å². The molecule has 0 aromatic carbocycles. The molecular weight excluding hydrogens is 194 g/mol. The van der Waals surface area contributed by atoms with Gasteiger partial charge in [-0.1, -0.05) is 0 Å². The number of carboxylic acid groups (broad SMARTS) is 1. The lowest BCUT2D eigenvalue weighted by Gasteiger charge is -2.01. The molecule has 1 N–H and O–H groups in total. The molecule has 0 spiro atoms. The molecule has 0 bridgehead atoms. The maximum absolute atomic E-state index is 11.1. The molecule has 0 atom stereocenters. The van der Waals surface area contributed by atoms with Crippen molar-refractivity contribution in [1.29, 1.82) is 0 Å². The highest BCUT2D eigenvalue weighted by atomic mass is 16.4. The molecule has 0 radical (unpaired) electrons. The number of pyridine rings is 1. The van der Waals surface area contributed by atoms with Crippen LogP contribution in [-0.2, 0) is 7.05 Å². The normalized spacial score (nSPS) is 10.9. The van der Waals surface area contributed by atoms with Crippen molar-refractivity contribution in [2.75, 3.05) is 0 Å². The van der Waals surface area contributed by atoms with E-state index in [2.05, 4.69) is 10.1 Å². The fourth-order valence-corrected chi connectivity index (χ4v) is 1.73. The van der Waals surface area contributed by atoms with Gasteiger partial charge < -0.3 is 5.11 Å². The van der Waals surface area contributed by atoms with Gasteiger partial charge in [0, 0.05) is 12.7 Å². The highest BCUT2D eigenvalue weighted by Gasteiger charge is 2.16. The van der Waals surface area contributed by atoms with Gasteiger partial charge in [-0.15, -0.1) is 0 Å². The Hall–Kier alpha value is -1.91. The van der Waals surface area contributed by atoms with Gasteiger partial charge in [0.2, 0.25) is 0 Å². The Labute approximate surface area is 86.4 Å². The number of aryl methyl sites for hydroxylation is 3. The topological polar surface area (TPSA) is 68.0 Å². The average Bonchev–Trinajstić information content (AvgIpc) is 2.41. The van der Waals surface area contributed by atoms with Crippen LogP contribution in [0.2, 0.25) is 0 Å². The Morgan fingerprint density at radius 1 is 1.47 bits per heavy atom. The molecule has 2 heterocycles. The maximum atomic E-state index is 11.1. The Balaban J connectivity index is 2.96. The fraction of sp³-hybridized carbons (Fsp3) is 0.300. The zero-order valence-electron chi connectivity index (χ0n) is 8.77. The summed E-state index contributed by atoms with van der Waals surface area (Å²) < 4.78 is 1.56. The Morgan fingerprint density at radius 3 is 2.73 bits per heavy atom. The largest absolute Gasteiger partial charge is 0.478 e. The summed E-state index contributed by atoms with van der Waals surface area (Å²) in [6.07, 6.45) is 0. The monoisotopic (exact) mass is 205 g/mol. The van der Waals surface area contributed by atoms with E-state index in [1.165, 1.54) is 0 Å². The Kier molecular flexibility index (Phi) is 1.96. The lowest BCUT2D eigenvalue weighted by atomic mass is 10.2. The zero-order valence-corrected chi connectivity index (χ0v) is 8.77. The van der Waals surface area contributed by atoms with Gasteiger partial charge in [-0.05, 0) is 19.9 Å². The lowest BCUT2D eigenvalue weighted by molar-refractivity contribution is 0.0698. The molecule has 15 heavy (non-hydrogen) atoms. The van der Waals surface area contributed by atoms with Gasteiger partial charge in [0.05, 0.1) is 11.3 Å². The molecule has 0 saturated carbocycles. The molecule has 5 heteroatoms. The van der Waals surface area contributed by atoms with Crippen LogP contribution in [0.4, 0.5) is 0 Å². The fourth-order valence-electron chi connectivity index (χ4n) is 1.73. The number of aromatic carboxylic acids is 1. The van der Waals surface area contributed by atoms with E-state index in [9.17, 15) is 4.79 Å². The average molecular weight is 205 g/mol.